The maximum atomic E-state index is 12.3. The second-order valence-corrected chi connectivity index (χ2v) is 8.19. The number of pyridine rings is 1. The molecular formula is C26H29N3O4. The summed E-state index contributed by atoms with van der Waals surface area (Å²) in [6.45, 7) is 9.29. The van der Waals surface area contributed by atoms with Gasteiger partial charge in [0.05, 0.1) is 6.61 Å². The first kappa shape index (κ1) is 23.8. The molecular weight excluding hydrogens is 418 g/mol. The number of rotatable bonds is 7. The predicted molar refractivity (Wildman–Crippen MR) is 130 cm³/mol. The third-order valence-electron chi connectivity index (χ3n) is 4.97. The van der Waals surface area contributed by atoms with Gasteiger partial charge in [0.25, 0.3) is 0 Å². The highest BCUT2D eigenvalue weighted by Gasteiger charge is 2.32. The summed E-state index contributed by atoms with van der Waals surface area (Å²) in [7, 11) is 0. The van der Waals surface area contributed by atoms with Crippen molar-refractivity contribution in [2.45, 2.75) is 40.2 Å². The molecule has 2 amide bonds. The molecule has 2 aromatic carbocycles. The van der Waals surface area contributed by atoms with E-state index in [-0.39, 0.29) is 12.6 Å². The number of hydrogen-bond acceptors (Lipinski definition) is 5. The minimum absolute atomic E-state index is 0.288. The van der Waals surface area contributed by atoms with Crippen molar-refractivity contribution in [2.24, 2.45) is 0 Å². The number of aryl methyl sites for hydroxylation is 2. The van der Waals surface area contributed by atoms with Crippen LogP contribution < -0.4 is 15.4 Å². The second-order valence-electron chi connectivity index (χ2n) is 8.19. The summed E-state index contributed by atoms with van der Waals surface area (Å²) >= 11 is 0. The molecule has 0 unspecified atom stereocenters. The fraction of sp³-hybridized carbons (Fsp3) is 0.269. The first-order chi connectivity index (χ1) is 15.7. The van der Waals surface area contributed by atoms with E-state index < -0.39 is 11.6 Å². The van der Waals surface area contributed by atoms with E-state index >= 15 is 0 Å². The zero-order valence-electron chi connectivity index (χ0n) is 19.6. The Hall–Kier alpha value is -3.87. The Morgan fingerprint density at radius 1 is 0.939 bits per heavy atom. The average molecular weight is 448 g/mol. The van der Waals surface area contributed by atoms with Crippen LogP contribution in [-0.2, 0) is 9.53 Å². The number of anilines is 2. The van der Waals surface area contributed by atoms with Crippen LogP contribution in [-0.4, -0.2) is 29.2 Å². The third-order valence-corrected chi connectivity index (χ3v) is 4.97. The maximum Gasteiger partial charge on any atom is 0.349 e. The van der Waals surface area contributed by atoms with Gasteiger partial charge in [0, 0.05) is 29.2 Å². The van der Waals surface area contributed by atoms with E-state index in [1.165, 1.54) is 0 Å². The minimum Gasteiger partial charge on any atom is -0.463 e. The van der Waals surface area contributed by atoms with Crippen LogP contribution in [0, 0.1) is 13.8 Å². The van der Waals surface area contributed by atoms with Crippen LogP contribution in [0.2, 0.25) is 0 Å². The van der Waals surface area contributed by atoms with Crippen LogP contribution in [0.4, 0.5) is 16.2 Å². The van der Waals surface area contributed by atoms with Crippen molar-refractivity contribution < 1.29 is 19.1 Å². The monoisotopic (exact) mass is 447 g/mol. The largest absolute Gasteiger partial charge is 0.463 e. The molecule has 1 aromatic heterocycles. The van der Waals surface area contributed by atoms with E-state index in [4.69, 9.17) is 9.47 Å². The zero-order chi connectivity index (χ0) is 24.0. The van der Waals surface area contributed by atoms with Gasteiger partial charge in [-0.25, -0.2) is 14.6 Å². The summed E-state index contributed by atoms with van der Waals surface area (Å²) in [6, 6.07) is 16.6. The first-order valence-corrected chi connectivity index (χ1v) is 10.8. The van der Waals surface area contributed by atoms with Gasteiger partial charge < -0.3 is 20.1 Å². The van der Waals surface area contributed by atoms with E-state index in [9.17, 15) is 9.59 Å². The lowest BCUT2D eigenvalue weighted by molar-refractivity contribution is -0.158. The Morgan fingerprint density at radius 2 is 1.64 bits per heavy atom. The number of esters is 1. The van der Waals surface area contributed by atoms with E-state index in [2.05, 4.69) is 15.6 Å². The fourth-order valence-electron chi connectivity index (χ4n) is 3.20. The Balaban J connectivity index is 1.61. The molecule has 0 spiro atoms. The van der Waals surface area contributed by atoms with Gasteiger partial charge in [-0.15, -0.1) is 0 Å². The summed E-state index contributed by atoms with van der Waals surface area (Å²) in [5, 5.41) is 5.70. The summed E-state index contributed by atoms with van der Waals surface area (Å²) in [4.78, 5) is 28.6. The van der Waals surface area contributed by atoms with Gasteiger partial charge in [-0.3, -0.25) is 0 Å². The lowest BCUT2D eigenvalue weighted by Gasteiger charge is -2.23. The molecule has 7 heteroatoms. The maximum absolute atomic E-state index is 12.3. The van der Waals surface area contributed by atoms with Gasteiger partial charge in [0.1, 0.15) is 0 Å². The Morgan fingerprint density at radius 3 is 2.24 bits per heavy atom. The number of hydrogen-bond donors (Lipinski definition) is 2. The molecule has 1 heterocycles. The van der Waals surface area contributed by atoms with Crippen LogP contribution in [0.15, 0.2) is 60.8 Å². The molecule has 0 bridgehead atoms. The number of amides is 2. The number of carbonyl (C=O) groups is 2. The molecule has 0 atom stereocenters. The highest BCUT2D eigenvalue weighted by atomic mass is 16.6. The molecule has 0 aliphatic heterocycles. The number of urea groups is 1. The number of ether oxygens (including phenoxy) is 2. The Bertz CT molecular complexity index is 1120. The number of nitrogens with zero attached hydrogens (tertiary/aromatic N) is 1. The van der Waals surface area contributed by atoms with Crippen LogP contribution in [0.1, 0.15) is 31.9 Å². The molecule has 3 aromatic rings. The van der Waals surface area contributed by atoms with Crippen molar-refractivity contribution in [1.82, 2.24) is 4.98 Å². The van der Waals surface area contributed by atoms with Crippen molar-refractivity contribution in [1.29, 1.82) is 0 Å². The SMILES string of the molecule is CCOC(=O)C(C)(C)Oc1ccc(-c2ccc(NC(=O)Nc3ccc(C)cc3C)cc2)cn1. The quantitative estimate of drug-likeness (QED) is 0.452. The van der Waals surface area contributed by atoms with Crippen LogP contribution in [0.25, 0.3) is 11.1 Å². The normalized spacial score (nSPS) is 10.9. The molecule has 0 aliphatic carbocycles. The summed E-state index contributed by atoms with van der Waals surface area (Å²) in [5.74, 6) is -0.112. The summed E-state index contributed by atoms with van der Waals surface area (Å²) in [6.07, 6.45) is 1.67. The van der Waals surface area contributed by atoms with Gasteiger partial charge in [0.15, 0.2) is 0 Å². The molecule has 0 saturated carbocycles. The molecule has 0 aliphatic rings. The van der Waals surface area contributed by atoms with Crippen molar-refractivity contribution in [2.75, 3.05) is 17.2 Å². The fourth-order valence-corrected chi connectivity index (χ4v) is 3.20. The van der Waals surface area contributed by atoms with Crippen molar-refractivity contribution in [3.8, 4) is 17.0 Å². The first-order valence-electron chi connectivity index (χ1n) is 10.8. The van der Waals surface area contributed by atoms with E-state index in [0.29, 0.717) is 11.6 Å². The molecule has 0 fully saturated rings. The van der Waals surface area contributed by atoms with Crippen molar-refractivity contribution in [3.63, 3.8) is 0 Å². The number of nitrogens with one attached hydrogen (secondary N) is 2. The van der Waals surface area contributed by atoms with Crippen LogP contribution in [0.5, 0.6) is 5.88 Å². The summed E-state index contributed by atoms with van der Waals surface area (Å²) in [5.41, 5.74) is 4.27. The van der Waals surface area contributed by atoms with Gasteiger partial charge >= 0.3 is 12.0 Å². The molecule has 172 valence electrons. The highest BCUT2D eigenvalue weighted by Crippen LogP contribution is 2.24. The number of benzene rings is 2. The molecule has 7 nitrogen and oxygen atoms in total. The highest BCUT2D eigenvalue weighted by molar-refractivity contribution is 6.00. The molecule has 3 rings (SSSR count). The Labute approximate surface area is 194 Å². The third kappa shape index (κ3) is 6.32. The molecule has 33 heavy (non-hydrogen) atoms. The van der Waals surface area contributed by atoms with Gasteiger partial charge in [0.2, 0.25) is 11.5 Å². The minimum atomic E-state index is -1.13. The van der Waals surface area contributed by atoms with E-state index in [1.807, 2.05) is 62.4 Å². The topological polar surface area (TPSA) is 89.5 Å². The van der Waals surface area contributed by atoms with Crippen LogP contribution in [0.3, 0.4) is 0 Å². The standard InChI is InChI=1S/C26H29N3O4/c1-6-32-24(30)26(4,5)33-23-14-10-20(16-27-23)19-8-11-21(12-9-19)28-25(31)29-22-13-7-17(2)15-18(22)3/h7-16H,6H2,1-5H3,(H2,28,29,31). The lowest BCUT2D eigenvalue weighted by atomic mass is 10.1. The summed E-state index contributed by atoms with van der Waals surface area (Å²) < 4.78 is 10.7. The van der Waals surface area contributed by atoms with Crippen molar-refractivity contribution in [3.05, 3.63) is 71.9 Å². The number of aromatic nitrogens is 1. The van der Waals surface area contributed by atoms with E-state index in [1.54, 1.807) is 33.0 Å². The molecule has 0 radical (unpaired) electrons. The van der Waals surface area contributed by atoms with Crippen molar-refractivity contribution >= 4 is 23.4 Å². The van der Waals surface area contributed by atoms with E-state index in [0.717, 1.165) is 27.9 Å². The van der Waals surface area contributed by atoms with Gasteiger partial charge in [-0.05, 0) is 70.0 Å². The Kier molecular flexibility index (Phi) is 7.33. The lowest BCUT2D eigenvalue weighted by Crippen LogP contribution is -2.39. The smallest absolute Gasteiger partial charge is 0.349 e. The molecule has 0 saturated heterocycles. The average Bonchev–Trinajstić information content (AvgIpc) is 2.77. The second kappa shape index (κ2) is 10.2. The van der Waals surface area contributed by atoms with Gasteiger partial charge in [-0.2, -0.15) is 0 Å². The zero-order valence-corrected chi connectivity index (χ0v) is 19.6. The molecule has 2 N–H and O–H groups in total. The predicted octanol–water partition coefficient (Wildman–Crippen LogP) is 5.73. The van der Waals surface area contributed by atoms with Gasteiger partial charge in [-0.1, -0.05) is 29.8 Å². The van der Waals surface area contributed by atoms with Crippen LogP contribution >= 0.6 is 0 Å². The number of carbonyl (C=O) groups excluding carboxylic acids is 2.